The maximum atomic E-state index is 12.6. The minimum Gasteiger partial charge on any atom is -0.387 e. The second-order valence-electron chi connectivity index (χ2n) is 7.53. The minimum atomic E-state index is -2.66. The van der Waals surface area contributed by atoms with E-state index in [1.807, 2.05) is 0 Å². The lowest BCUT2D eigenvalue weighted by molar-refractivity contribution is -0.143. The molecule has 1 atom stereocenters. The molecule has 4 nitrogen and oxygen atoms in total. The smallest absolute Gasteiger partial charge is 0.249 e. The molecule has 2 aliphatic carbocycles. The van der Waals surface area contributed by atoms with Crippen molar-refractivity contribution < 1.29 is 27.5 Å². The Morgan fingerprint density at radius 2 is 1.47 bits per heavy atom. The zero-order chi connectivity index (χ0) is 22.1. The number of hydrogen-bond acceptors (Lipinski definition) is 4. The quantitative estimate of drug-likeness (QED) is 0.287. The summed E-state index contributed by atoms with van der Waals surface area (Å²) in [5.74, 6) is -6.49. The van der Waals surface area contributed by atoms with Crippen LogP contribution >= 0.6 is 31.9 Å². The number of aliphatic hydroxyl groups excluding tert-OH is 1. The Hall–Kier alpha value is -1.39. The highest BCUT2D eigenvalue weighted by atomic mass is 79.9. The number of rotatable bonds is 4. The van der Waals surface area contributed by atoms with Gasteiger partial charge in [-0.1, -0.05) is 12.1 Å². The number of aliphatic hydroxyl groups is 1. The molecule has 1 unspecified atom stereocenters. The van der Waals surface area contributed by atoms with Crippen LogP contribution in [0.2, 0.25) is 0 Å². The number of pyridine rings is 2. The summed E-state index contributed by atoms with van der Waals surface area (Å²) >= 11 is 6.30. The van der Waals surface area contributed by atoms with E-state index in [1.54, 1.807) is 36.4 Å². The monoisotopic (exact) mass is 552 g/mol. The van der Waals surface area contributed by atoms with E-state index in [0.29, 0.717) is 14.9 Å². The van der Waals surface area contributed by atoms with Crippen molar-refractivity contribution in [1.82, 2.24) is 9.97 Å². The number of halogens is 6. The van der Waals surface area contributed by atoms with Crippen molar-refractivity contribution in [3.8, 4) is 0 Å². The predicted octanol–water partition coefficient (Wildman–Crippen LogP) is 5.99. The summed E-state index contributed by atoms with van der Waals surface area (Å²) < 4.78 is 51.5. The van der Waals surface area contributed by atoms with Crippen molar-refractivity contribution >= 4 is 37.6 Å². The van der Waals surface area contributed by atoms with Gasteiger partial charge in [-0.2, -0.15) is 0 Å². The molecule has 4 rings (SSSR count). The first-order valence-electron chi connectivity index (χ1n) is 9.19. The SMILES string of the molecule is O=C(c1cccc(Br)n1)C1CC(F)(F)C1.OC(c1cccc(Br)n1)C1CC(F)(F)C1. The summed E-state index contributed by atoms with van der Waals surface area (Å²) in [7, 11) is 0. The Morgan fingerprint density at radius 1 is 0.933 bits per heavy atom. The Kier molecular flexibility index (Phi) is 6.98. The maximum Gasteiger partial charge on any atom is 0.249 e. The van der Waals surface area contributed by atoms with Crippen molar-refractivity contribution in [1.29, 1.82) is 0 Å². The van der Waals surface area contributed by atoms with Crippen molar-refractivity contribution in [2.75, 3.05) is 0 Å². The summed E-state index contributed by atoms with van der Waals surface area (Å²) in [4.78, 5) is 19.6. The zero-order valence-corrected chi connectivity index (χ0v) is 18.7. The molecule has 0 aromatic carbocycles. The molecule has 2 aromatic rings. The third-order valence-corrected chi connectivity index (χ3v) is 5.92. The Morgan fingerprint density at radius 3 is 1.97 bits per heavy atom. The standard InChI is InChI=1S/C10H10BrF2NO.C10H8BrF2NO/c2*11-8-3-1-2-7(14-8)9(15)6-4-10(12,13)5-6/h1-3,6,9,15H,4-5H2;1-3,6H,4-5H2. The van der Waals surface area contributed by atoms with Gasteiger partial charge in [0.05, 0.1) is 11.8 Å². The lowest BCUT2D eigenvalue weighted by Gasteiger charge is -2.37. The normalized spacial score (nSPS) is 20.9. The van der Waals surface area contributed by atoms with Crippen LogP contribution in [-0.4, -0.2) is 32.7 Å². The van der Waals surface area contributed by atoms with E-state index in [9.17, 15) is 27.5 Å². The molecule has 2 heterocycles. The van der Waals surface area contributed by atoms with Gasteiger partial charge in [-0.15, -0.1) is 0 Å². The summed E-state index contributed by atoms with van der Waals surface area (Å²) in [6.07, 6.45) is -2.08. The van der Waals surface area contributed by atoms with Gasteiger partial charge in [0, 0.05) is 37.5 Å². The molecule has 0 radical (unpaired) electrons. The number of alkyl halides is 4. The summed E-state index contributed by atoms with van der Waals surface area (Å²) in [5.41, 5.74) is 0.703. The van der Waals surface area contributed by atoms with E-state index in [1.165, 1.54) is 0 Å². The molecule has 0 spiro atoms. The lowest BCUT2D eigenvalue weighted by atomic mass is 9.76. The fraction of sp³-hybridized carbons (Fsp3) is 0.450. The van der Waals surface area contributed by atoms with Crippen molar-refractivity contribution in [3.05, 3.63) is 57.0 Å². The summed E-state index contributed by atoms with van der Waals surface area (Å²) in [5, 5.41) is 9.78. The van der Waals surface area contributed by atoms with Crippen LogP contribution < -0.4 is 0 Å². The van der Waals surface area contributed by atoms with Gasteiger partial charge < -0.3 is 5.11 Å². The van der Waals surface area contributed by atoms with Crippen molar-refractivity contribution in [2.45, 2.75) is 43.6 Å². The predicted molar refractivity (Wildman–Crippen MR) is 109 cm³/mol. The van der Waals surface area contributed by atoms with Crippen LogP contribution in [0.3, 0.4) is 0 Å². The molecular weight excluding hydrogens is 536 g/mol. The molecular formula is C20H18Br2F4N2O2. The van der Waals surface area contributed by atoms with E-state index in [2.05, 4.69) is 41.8 Å². The number of ketones is 1. The van der Waals surface area contributed by atoms with Crippen LogP contribution in [-0.2, 0) is 0 Å². The largest absolute Gasteiger partial charge is 0.387 e. The van der Waals surface area contributed by atoms with Crippen LogP contribution in [0, 0.1) is 11.8 Å². The maximum absolute atomic E-state index is 12.6. The molecule has 2 aliphatic rings. The van der Waals surface area contributed by atoms with E-state index < -0.39 is 23.9 Å². The first-order chi connectivity index (χ1) is 14.0. The first-order valence-corrected chi connectivity index (χ1v) is 10.8. The molecule has 10 heteroatoms. The van der Waals surface area contributed by atoms with E-state index in [0.717, 1.165) is 0 Å². The van der Waals surface area contributed by atoms with Gasteiger partial charge in [0.25, 0.3) is 0 Å². The number of carbonyl (C=O) groups excluding carboxylic acids is 1. The number of hydrogen-bond donors (Lipinski definition) is 1. The average molecular weight is 554 g/mol. The minimum absolute atomic E-state index is 0.248. The van der Waals surface area contributed by atoms with Crippen LogP contribution in [0.15, 0.2) is 45.6 Å². The highest BCUT2D eigenvalue weighted by molar-refractivity contribution is 9.10. The van der Waals surface area contributed by atoms with Gasteiger partial charge in [-0.3, -0.25) is 4.79 Å². The third kappa shape index (κ3) is 5.85. The molecule has 162 valence electrons. The highest BCUT2D eigenvalue weighted by Crippen LogP contribution is 2.48. The van der Waals surface area contributed by atoms with E-state index >= 15 is 0 Å². The molecule has 2 aromatic heterocycles. The van der Waals surface area contributed by atoms with Gasteiger partial charge in [0.2, 0.25) is 11.8 Å². The number of aromatic nitrogens is 2. The van der Waals surface area contributed by atoms with Gasteiger partial charge >= 0.3 is 0 Å². The molecule has 0 aliphatic heterocycles. The first kappa shape index (κ1) is 23.3. The van der Waals surface area contributed by atoms with Crippen LogP contribution in [0.25, 0.3) is 0 Å². The summed E-state index contributed by atoms with van der Waals surface area (Å²) in [6, 6.07) is 10.0. The molecule has 30 heavy (non-hydrogen) atoms. The number of nitrogens with zero attached hydrogens (tertiary/aromatic N) is 2. The number of Topliss-reactive ketones (excluding diaryl/α,β-unsaturated/α-hetero) is 1. The number of carbonyl (C=O) groups is 1. The van der Waals surface area contributed by atoms with E-state index in [-0.39, 0.29) is 43.1 Å². The van der Waals surface area contributed by atoms with Gasteiger partial charge in [0.15, 0.2) is 5.78 Å². The molecule has 1 N–H and O–H groups in total. The van der Waals surface area contributed by atoms with Crippen LogP contribution in [0.5, 0.6) is 0 Å². The van der Waals surface area contributed by atoms with E-state index in [4.69, 9.17) is 0 Å². The lowest BCUT2D eigenvalue weighted by Crippen LogP contribution is -2.40. The Bertz CT molecular complexity index is 913. The fourth-order valence-electron chi connectivity index (χ4n) is 3.36. The molecule has 0 bridgehead atoms. The highest BCUT2D eigenvalue weighted by Gasteiger charge is 2.49. The molecule has 2 fully saturated rings. The van der Waals surface area contributed by atoms with Crippen molar-refractivity contribution in [3.63, 3.8) is 0 Å². The second-order valence-corrected chi connectivity index (χ2v) is 9.15. The molecule has 0 saturated heterocycles. The fourth-order valence-corrected chi connectivity index (χ4v) is 4.06. The van der Waals surface area contributed by atoms with Gasteiger partial charge in [0.1, 0.15) is 14.9 Å². The molecule has 0 amide bonds. The third-order valence-electron chi connectivity index (χ3n) is 5.04. The topological polar surface area (TPSA) is 63.1 Å². The zero-order valence-electron chi connectivity index (χ0n) is 15.5. The van der Waals surface area contributed by atoms with Crippen LogP contribution in [0.1, 0.15) is 48.0 Å². The second kappa shape index (κ2) is 9.00. The van der Waals surface area contributed by atoms with Crippen LogP contribution in [0.4, 0.5) is 17.6 Å². The average Bonchev–Trinajstić information content (AvgIpc) is 2.63. The molecule has 2 saturated carbocycles. The van der Waals surface area contributed by atoms with Crippen molar-refractivity contribution in [2.24, 2.45) is 11.8 Å². The Balaban J connectivity index is 0.000000171. The van der Waals surface area contributed by atoms with Gasteiger partial charge in [-0.05, 0) is 56.1 Å². The summed E-state index contributed by atoms with van der Waals surface area (Å²) in [6.45, 7) is 0. The Labute approximate surface area is 187 Å². The van der Waals surface area contributed by atoms with Gasteiger partial charge in [-0.25, -0.2) is 27.5 Å².